The first-order valence-corrected chi connectivity index (χ1v) is 7.76. The van der Waals surface area contributed by atoms with Crippen LogP contribution >= 0.6 is 11.6 Å². The molecule has 0 aliphatic carbocycles. The van der Waals surface area contributed by atoms with Gasteiger partial charge in [-0.05, 0) is 30.5 Å². The number of carbonyl (C=O) groups excluding carboxylic acids is 1. The fraction of sp³-hybridized carbons (Fsp3) is 0.294. The van der Waals surface area contributed by atoms with Gasteiger partial charge < -0.3 is 9.47 Å². The van der Waals surface area contributed by atoms with Gasteiger partial charge in [0.15, 0.2) is 0 Å². The van der Waals surface area contributed by atoms with Crippen molar-refractivity contribution >= 4 is 17.5 Å². The molecule has 3 rings (SSSR count). The summed E-state index contributed by atoms with van der Waals surface area (Å²) in [5, 5.41) is 0.616. The Bertz CT molecular complexity index is 748. The normalized spacial score (nSPS) is 14.3. The first kappa shape index (κ1) is 14.9. The molecule has 1 amide bonds. The molecule has 2 heterocycles. The molecular formula is C17H17ClN2O2. The SMILES string of the molecule is O=C(c1ccc(=O)n(Cc2ccccc2Cl)c1)N1CCCC1. The fourth-order valence-corrected chi connectivity index (χ4v) is 2.89. The Hall–Kier alpha value is -2.07. The van der Waals surface area contributed by atoms with Crippen molar-refractivity contribution in [2.45, 2.75) is 19.4 Å². The summed E-state index contributed by atoms with van der Waals surface area (Å²) >= 11 is 6.14. The lowest BCUT2D eigenvalue weighted by Gasteiger charge is -2.16. The highest BCUT2D eigenvalue weighted by atomic mass is 35.5. The average molecular weight is 317 g/mol. The highest BCUT2D eigenvalue weighted by Crippen LogP contribution is 2.16. The van der Waals surface area contributed by atoms with Crippen molar-refractivity contribution in [1.82, 2.24) is 9.47 Å². The molecule has 5 heteroatoms. The molecule has 1 aliphatic rings. The number of likely N-dealkylation sites (tertiary alicyclic amines) is 1. The zero-order valence-electron chi connectivity index (χ0n) is 12.2. The van der Waals surface area contributed by atoms with Gasteiger partial charge in [-0.25, -0.2) is 0 Å². The van der Waals surface area contributed by atoms with Gasteiger partial charge in [0.1, 0.15) is 0 Å². The fourth-order valence-electron chi connectivity index (χ4n) is 2.69. The Balaban J connectivity index is 1.88. The van der Waals surface area contributed by atoms with E-state index in [4.69, 9.17) is 11.6 Å². The molecule has 114 valence electrons. The van der Waals surface area contributed by atoms with Crippen LogP contribution in [0.3, 0.4) is 0 Å². The van der Waals surface area contributed by atoms with Crippen LogP contribution < -0.4 is 5.56 Å². The number of aromatic nitrogens is 1. The van der Waals surface area contributed by atoms with Crippen molar-refractivity contribution in [3.05, 3.63) is 69.1 Å². The van der Waals surface area contributed by atoms with Crippen LogP contribution in [0.25, 0.3) is 0 Å². The van der Waals surface area contributed by atoms with Gasteiger partial charge in [0, 0.05) is 30.4 Å². The molecule has 0 saturated carbocycles. The molecule has 1 aromatic heterocycles. The largest absolute Gasteiger partial charge is 0.339 e. The molecule has 1 fully saturated rings. The predicted molar refractivity (Wildman–Crippen MR) is 86.4 cm³/mol. The number of hydrogen-bond donors (Lipinski definition) is 0. The van der Waals surface area contributed by atoms with E-state index in [-0.39, 0.29) is 11.5 Å². The Morgan fingerprint density at radius 1 is 1.09 bits per heavy atom. The number of carbonyl (C=O) groups is 1. The van der Waals surface area contributed by atoms with Crippen molar-refractivity contribution in [2.24, 2.45) is 0 Å². The zero-order chi connectivity index (χ0) is 15.5. The van der Waals surface area contributed by atoms with Gasteiger partial charge in [-0.3, -0.25) is 9.59 Å². The van der Waals surface area contributed by atoms with E-state index in [2.05, 4.69) is 0 Å². The summed E-state index contributed by atoms with van der Waals surface area (Å²) in [7, 11) is 0. The number of hydrogen-bond acceptors (Lipinski definition) is 2. The maximum absolute atomic E-state index is 12.4. The monoisotopic (exact) mass is 316 g/mol. The molecule has 2 aromatic rings. The Labute approximate surface area is 133 Å². The number of nitrogens with zero attached hydrogens (tertiary/aromatic N) is 2. The van der Waals surface area contributed by atoms with Gasteiger partial charge in [-0.15, -0.1) is 0 Å². The van der Waals surface area contributed by atoms with Crippen molar-refractivity contribution < 1.29 is 4.79 Å². The number of pyridine rings is 1. The average Bonchev–Trinajstić information content (AvgIpc) is 3.05. The molecule has 22 heavy (non-hydrogen) atoms. The van der Waals surface area contributed by atoms with Crippen LogP contribution in [0.5, 0.6) is 0 Å². The molecule has 0 radical (unpaired) electrons. The zero-order valence-corrected chi connectivity index (χ0v) is 12.9. The number of benzene rings is 1. The third-order valence-electron chi connectivity index (χ3n) is 3.92. The minimum absolute atomic E-state index is 0.00888. The van der Waals surface area contributed by atoms with Crippen LogP contribution in [0.1, 0.15) is 28.8 Å². The van der Waals surface area contributed by atoms with Crippen molar-refractivity contribution in [2.75, 3.05) is 13.1 Å². The topological polar surface area (TPSA) is 42.3 Å². The quantitative estimate of drug-likeness (QED) is 0.874. The van der Waals surface area contributed by atoms with E-state index >= 15 is 0 Å². The lowest BCUT2D eigenvalue weighted by molar-refractivity contribution is 0.0792. The van der Waals surface area contributed by atoms with Gasteiger partial charge in [0.05, 0.1) is 12.1 Å². The third kappa shape index (κ3) is 3.07. The molecule has 1 aromatic carbocycles. The second kappa shape index (κ2) is 6.36. The minimum Gasteiger partial charge on any atom is -0.339 e. The summed E-state index contributed by atoms with van der Waals surface area (Å²) in [5.74, 6) is -0.00888. The van der Waals surface area contributed by atoms with E-state index in [1.165, 1.54) is 10.6 Å². The second-order valence-corrected chi connectivity index (χ2v) is 5.88. The van der Waals surface area contributed by atoms with E-state index in [9.17, 15) is 9.59 Å². The van der Waals surface area contributed by atoms with Crippen LogP contribution in [0.15, 0.2) is 47.4 Å². The summed E-state index contributed by atoms with van der Waals surface area (Å²) in [6, 6.07) is 10.4. The second-order valence-electron chi connectivity index (χ2n) is 5.47. The third-order valence-corrected chi connectivity index (χ3v) is 4.29. The van der Waals surface area contributed by atoms with Crippen molar-refractivity contribution in [1.29, 1.82) is 0 Å². The summed E-state index contributed by atoms with van der Waals surface area (Å²) in [6.07, 6.45) is 3.72. The Morgan fingerprint density at radius 2 is 1.82 bits per heavy atom. The van der Waals surface area contributed by atoms with E-state index in [0.717, 1.165) is 31.5 Å². The van der Waals surface area contributed by atoms with E-state index in [0.29, 0.717) is 17.1 Å². The standard InChI is InChI=1S/C17H17ClN2O2/c18-15-6-2-1-5-13(15)11-20-12-14(7-8-16(20)21)17(22)19-9-3-4-10-19/h1-2,5-8,12H,3-4,9-11H2. The number of amides is 1. The molecule has 0 unspecified atom stereocenters. The predicted octanol–water partition coefficient (Wildman–Crippen LogP) is 2.79. The van der Waals surface area contributed by atoms with Gasteiger partial charge >= 0.3 is 0 Å². The van der Waals surface area contributed by atoms with Gasteiger partial charge in [-0.2, -0.15) is 0 Å². The lowest BCUT2D eigenvalue weighted by atomic mass is 10.2. The molecule has 4 nitrogen and oxygen atoms in total. The highest BCUT2D eigenvalue weighted by molar-refractivity contribution is 6.31. The molecule has 0 bridgehead atoms. The molecule has 1 saturated heterocycles. The van der Waals surface area contributed by atoms with Gasteiger partial charge in [0.25, 0.3) is 11.5 Å². The van der Waals surface area contributed by atoms with Crippen LogP contribution in [0.2, 0.25) is 5.02 Å². The summed E-state index contributed by atoms with van der Waals surface area (Å²) in [5.41, 5.74) is 1.27. The van der Waals surface area contributed by atoms with Gasteiger partial charge in [0.2, 0.25) is 0 Å². The maximum atomic E-state index is 12.4. The van der Waals surface area contributed by atoms with Crippen molar-refractivity contribution in [3.63, 3.8) is 0 Å². The van der Waals surface area contributed by atoms with Crippen molar-refractivity contribution in [3.8, 4) is 0 Å². The highest BCUT2D eigenvalue weighted by Gasteiger charge is 2.20. The van der Waals surface area contributed by atoms with Crippen LogP contribution in [-0.4, -0.2) is 28.5 Å². The van der Waals surface area contributed by atoms with Crippen LogP contribution in [0.4, 0.5) is 0 Å². The van der Waals surface area contributed by atoms with Crippen LogP contribution in [-0.2, 0) is 6.54 Å². The van der Waals surface area contributed by atoms with Crippen LogP contribution in [0, 0.1) is 0 Å². The van der Waals surface area contributed by atoms with Gasteiger partial charge in [-0.1, -0.05) is 29.8 Å². The number of halogens is 1. The summed E-state index contributed by atoms with van der Waals surface area (Å²) < 4.78 is 1.53. The van der Waals surface area contributed by atoms with E-state index in [1.54, 1.807) is 18.3 Å². The minimum atomic E-state index is -0.141. The maximum Gasteiger partial charge on any atom is 0.255 e. The Morgan fingerprint density at radius 3 is 2.55 bits per heavy atom. The molecule has 0 N–H and O–H groups in total. The summed E-state index contributed by atoms with van der Waals surface area (Å²) in [4.78, 5) is 26.3. The first-order valence-electron chi connectivity index (χ1n) is 7.38. The molecule has 1 aliphatic heterocycles. The number of rotatable bonds is 3. The first-order chi connectivity index (χ1) is 10.6. The van der Waals surface area contributed by atoms with E-state index in [1.807, 2.05) is 23.1 Å². The molecule has 0 atom stereocenters. The smallest absolute Gasteiger partial charge is 0.255 e. The lowest BCUT2D eigenvalue weighted by Crippen LogP contribution is -2.29. The molecular weight excluding hydrogens is 300 g/mol. The molecule has 0 spiro atoms. The summed E-state index contributed by atoms with van der Waals surface area (Å²) in [6.45, 7) is 1.95. The Kier molecular flexibility index (Phi) is 4.29. The van der Waals surface area contributed by atoms with E-state index < -0.39 is 0 Å².